The number of nitrogens with zero attached hydrogens (tertiary/aromatic N) is 6. The number of halogens is 1. The Hall–Kier alpha value is -3.33. The number of benzene rings is 1. The van der Waals surface area contributed by atoms with E-state index in [0.29, 0.717) is 55.8 Å². The molecule has 9 nitrogen and oxygen atoms in total. The van der Waals surface area contributed by atoms with Gasteiger partial charge in [0.05, 0.1) is 29.4 Å². The molecule has 2 N–H and O–H groups in total. The molecule has 3 saturated heterocycles. The largest absolute Gasteiger partial charge is 0.461 e. The normalized spacial score (nSPS) is 31.3. The monoisotopic (exact) mass is 601 g/mol. The average Bonchev–Trinajstić information content (AvgIpc) is 3.70. The van der Waals surface area contributed by atoms with Crippen molar-refractivity contribution >= 4 is 22.8 Å². The summed E-state index contributed by atoms with van der Waals surface area (Å²) in [7, 11) is 0. The lowest BCUT2D eigenvalue weighted by atomic mass is 9.69. The maximum atomic E-state index is 14.5. The Balaban J connectivity index is 1.19. The molecule has 1 spiro atoms. The SMILES string of the molecule is CC1CCC2(Cc3nc(OCC45CCCN4CC(F)C5)nc(N4CCC4c4nccs4)c3CO2)c2c1ccc(N)c2C#N. The molecule has 1 aliphatic carbocycles. The third kappa shape index (κ3) is 4.25. The number of aromatic nitrogens is 3. The van der Waals surface area contributed by atoms with Gasteiger partial charge in [-0.15, -0.1) is 11.3 Å². The van der Waals surface area contributed by atoms with Crippen molar-refractivity contribution in [3.63, 3.8) is 0 Å². The molecule has 224 valence electrons. The fourth-order valence-electron chi connectivity index (χ4n) is 8.28. The lowest BCUT2D eigenvalue weighted by Crippen LogP contribution is -2.45. The zero-order valence-electron chi connectivity index (χ0n) is 24.4. The molecular formula is C32H36FN7O2S. The van der Waals surface area contributed by atoms with Gasteiger partial charge in [0.15, 0.2) is 0 Å². The van der Waals surface area contributed by atoms with Crippen molar-refractivity contribution in [2.45, 2.75) is 87.7 Å². The van der Waals surface area contributed by atoms with Gasteiger partial charge in [-0.25, -0.2) is 9.37 Å². The first-order valence-electron chi connectivity index (χ1n) is 15.4. The Bertz CT molecular complexity index is 1610. The number of alkyl halides is 1. The van der Waals surface area contributed by atoms with Crippen LogP contribution in [-0.2, 0) is 23.4 Å². The van der Waals surface area contributed by atoms with Gasteiger partial charge in [0.2, 0.25) is 0 Å². The van der Waals surface area contributed by atoms with Crippen LogP contribution in [0.25, 0.3) is 0 Å². The minimum atomic E-state index is -0.823. The van der Waals surface area contributed by atoms with Gasteiger partial charge in [0.1, 0.15) is 35.3 Å². The Kier molecular flexibility index (Phi) is 6.40. The predicted octanol–water partition coefficient (Wildman–Crippen LogP) is 5.16. The minimum Gasteiger partial charge on any atom is -0.461 e. The first-order valence-corrected chi connectivity index (χ1v) is 16.3. The van der Waals surface area contributed by atoms with Crippen molar-refractivity contribution in [3.8, 4) is 12.1 Å². The van der Waals surface area contributed by atoms with Crippen molar-refractivity contribution in [1.29, 1.82) is 5.26 Å². The van der Waals surface area contributed by atoms with Crippen LogP contribution in [0.3, 0.4) is 0 Å². The smallest absolute Gasteiger partial charge is 0.318 e. The van der Waals surface area contributed by atoms with Crippen molar-refractivity contribution in [2.24, 2.45) is 0 Å². The lowest BCUT2D eigenvalue weighted by Gasteiger charge is -2.46. The topological polar surface area (TPSA) is 113 Å². The third-order valence-electron chi connectivity index (χ3n) is 10.6. The molecule has 0 saturated carbocycles. The molecule has 6 heterocycles. The summed E-state index contributed by atoms with van der Waals surface area (Å²) in [5.41, 5.74) is 10.2. The second-order valence-corrected chi connectivity index (χ2v) is 13.9. The van der Waals surface area contributed by atoms with Crippen molar-refractivity contribution in [3.05, 3.63) is 56.7 Å². The predicted molar refractivity (Wildman–Crippen MR) is 161 cm³/mol. The molecule has 3 fully saturated rings. The molecule has 2 aromatic heterocycles. The number of rotatable bonds is 5. The molecule has 4 aliphatic heterocycles. The van der Waals surface area contributed by atoms with Crippen LogP contribution in [0.2, 0.25) is 0 Å². The van der Waals surface area contributed by atoms with Crippen LogP contribution in [0.1, 0.15) is 90.4 Å². The summed E-state index contributed by atoms with van der Waals surface area (Å²) in [6.07, 6.45) is 6.72. The van der Waals surface area contributed by atoms with Crippen LogP contribution in [0.15, 0.2) is 23.7 Å². The summed E-state index contributed by atoms with van der Waals surface area (Å²) in [5, 5.41) is 13.3. The van der Waals surface area contributed by atoms with E-state index in [-0.39, 0.29) is 11.6 Å². The number of fused-ring (bicyclic) bond motifs is 4. The number of nitrogen functional groups attached to an aromatic ring is 1. The van der Waals surface area contributed by atoms with Gasteiger partial charge in [-0.1, -0.05) is 13.0 Å². The van der Waals surface area contributed by atoms with Crippen molar-refractivity contribution in [1.82, 2.24) is 19.9 Å². The van der Waals surface area contributed by atoms with E-state index < -0.39 is 11.8 Å². The van der Waals surface area contributed by atoms with Crippen LogP contribution in [0.4, 0.5) is 15.9 Å². The number of anilines is 2. The maximum absolute atomic E-state index is 14.5. The Labute approximate surface area is 254 Å². The molecule has 0 amide bonds. The van der Waals surface area contributed by atoms with E-state index in [1.807, 2.05) is 17.6 Å². The van der Waals surface area contributed by atoms with Gasteiger partial charge in [0, 0.05) is 54.3 Å². The van der Waals surface area contributed by atoms with Crippen LogP contribution in [0.5, 0.6) is 6.01 Å². The molecule has 8 rings (SSSR count). The Morgan fingerprint density at radius 1 is 1.26 bits per heavy atom. The molecule has 5 aliphatic rings. The molecule has 11 heteroatoms. The second-order valence-electron chi connectivity index (χ2n) is 13.0. The number of hydrogen-bond donors (Lipinski definition) is 1. The first-order chi connectivity index (χ1) is 20.9. The number of hydrogen-bond acceptors (Lipinski definition) is 10. The molecule has 0 radical (unpaired) electrons. The van der Waals surface area contributed by atoms with E-state index in [2.05, 4.69) is 33.8 Å². The second kappa shape index (κ2) is 10.1. The van der Waals surface area contributed by atoms with E-state index >= 15 is 0 Å². The van der Waals surface area contributed by atoms with Crippen LogP contribution < -0.4 is 15.4 Å². The fraction of sp³-hybridized carbons (Fsp3) is 0.562. The molecule has 3 aromatic rings. The van der Waals surface area contributed by atoms with Crippen molar-refractivity contribution < 1.29 is 13.9 Å². The van der Waals surface area contributed by atoms with E-state index in [1.165, 1.54) is 0 Å². The summed E-state index contributed by atoms with van der Waals surface area (Å²) < 4.78 is 27.8. The van der Waals surface area contributed by atoms with E-state index in [4.69, 9.17) is 25.2 Å². The van der Waals surface area contributed by atoms with Gasteiger partial charge in [-0.3, -0.25) is 4.90 Å². The maximum Gasteiger partial charge on any atom is 0.318 e. The summed E-state index contributed by atoms with van der Waals surface area (Å²) in [4.78, 5) is 19.2. The average molecular weight is 602 g/mol. The number of thiazole rings is 1. The Morgan fingerprint density at radius 3 is 2.95 bits per heavy atom. The molecule has 5 atom stereocenters. The highest BCUT2D eigenvalue weighted by Crippen LogP contribution is 2.52. The molecule has 5 unspecified atom stereocenters. The first kappa shape index (κ1) is 27.2. The molecule has 43 heavy (non-hydrogen) atoms. The van der Waals surface area contributed by atoms with Crippen LogP contribution in [0, 0.1) is 11.3 Å². The number of ether oxygens (including phenoxy) is 2. The summed E-state index contributed by atoms with van der Waals surface area (Å²) >= 11 is 1.66. The lowest BCUT2D eigenvalue weighted by molar-refractivity contribution is -0.0874. The van der Waals surface area contributed by atoms with E-state index in [9.17, 15) is 9.65 Å². The van der Waals surface area contributed by atoms with Crippen LogP contribution in [-0.4, -0.2) is 57.8 Å². The molecule has 1 aromatic carbocycles. The van der Waals surface area contributed by atoms with Gasteiger partial charge in [-0.2, -0.15) is 15.2 Å². The highest BCUT2D eigenvalue weighted by molar-refractivity contribution is 7.09. The van der Waals surface area contributed by atoms with E-state index in [1.54, 1.807) is 11.3 Å². The Morgan fingerprint density at radius 2 is 2.16 bits per heavy atom. The summed E-state index contributed by atoms with van der Waals surface area (Å²) in [6, 6.07) is 6.76. The van der Waals surface area contributed by atoms with Gasteiger partial charge in [-0.05, 0) is 56.2 Å². The minimum absolute atomic E-state index is 0.148. The fourth-order valence-corrected chi connectivity index (χ4v) is 9.06. The standard InChI is InChI=1S/C32H36FN7O2S/c1-19-5-8-32(27-21(19)3-4-24(35)22(27)15-34)14-25-23(17-42-32)28(40-11-6-26(40)29-36-9-12-43-29)38-30(37-25)41-18-31-7-2-10-39(31)16-20(33)13-31/h3-4,9,12,19-20,26H,2,5-8,10-11,13-14,16-18,35H2,1H3. The van der Waals surface area contributed by atoms with Crippen molar-refractivity contribution in [2.75, 3.05) is 36.9 Å². The quantitative estimate of drug-likeness (QED) is 0.396. The van der Waals surface area contributed by atoms with Gasteiger partial charge < -0.3 is 20.1 Å². The highest BCUT2D eigenvalue weighted by atomic mass is 32.1. The van der Waals surface area contributed by atoms with Crippen LogP contribution >= 0.6 is 11.3 Å². The van der Waals surface area contributed by atoms with Gasteiger partial charge >= 0.3 is 6.01 Å². The summed E-state index contributed by atoms with van der Waals surface area (Å²) in [5.74, 6) is 1.13. The highest BCUT2D eigenvalue weighted by Gasteiger charge is 2.50. The third-order valence-corrected chi connectivity index (χ3v) is 11.5. The number of nitriles is 1. The zero-order chi connectivity index (χ0) is 29.3. The van der Waals surface area contributed by atoms with Gasteiger partial charge in [0.25, 0.3) is 0 Å². The van der Waals surface area contributed by atoms with E-state index in [0.717, 1.165) is 78.4 Å². The zero-order valence-corrected chi connectivity index (χ0v) is 25.2. The molecule has 0 bridgehead atoms. The number of nitrogens with two attached hydrogens (primary N) is 1. The molecular weight excluding hydrogens is 565 g/mol. The summed E-state index contributed by atoms with van der Waals surface area (Å²) in [6.45, 7) is 5.15.